The number of hydrogen-bond donors (Lipinski definition) is 1. The number of carboxylic acids is 1. The molecular formula is C11H5F4N3O2. The predicted molar refractivity (Wildman–Crippen MR) is 57.2 cm³/mol. The molecule has 20 heavy (non-hydrogen) atoms. The van der Waals surface area contributed by atoms with Gasteiger partial charge in [0.1, 0.15) is 11.4 Å². The first-order valence-electron chi connectivity index (χ1n) is 5.07. The number of aromatic carboxylic acids is 1. The fourth-order valence-electron chi connectivity index (χ4n) is 1.43. The van der Waals surface area contributed by atoms with Gasteiger partial charge in [-0.05, 0) is 6.07 Å². The number of carbonyl (C=O) groups is 1. The summed E-state index contributed by atoms with van der Waals surface area (Å²) in [5.41, 5.74) is -2.77. The second-order valence-corrected chi connectivity index (χ2v) is 3.65. The Morgan fingerprint density at radius 2 is 1.90 bits per heavy atom. The Morgan fingerprint density at radius 3 is 2.45 bits per heavy atom. The highest BCUT2D eigenvalue weighted by molar-refractivity contribution is 5.88. The first-order valence-corrected chi connectivity index (χ1v) is 5.07. The van der Waals surface area contributed by atoms with E-state index in [1.165, 1.54) is 0 Å². The van der Waals surface area contributed by atoms with Gasteiger partial charge in [-0.3, -0.25) is 4.98 Å². The number of alkyl halides is 3. The van der Waals surface area contributed by atoms with E-state index in [9.17, 15) is 22.4 Å². The number of nitrogens with zero attached hydrogens (tertiary/aromatic N) is 3. The topological polar surface area (TPSA) is 76.0 Å². The second-order valence-electron chi connectivity index (χ2n) is 3.65. The summed E-state index contributed by atoms with van der Waals surface area (Å²) < 4.78 is 51.2. The SMILES string of the molecule is O=C(O)c1cnc(-c2cncc(F)c2)nc1C(F)(F)F. The van der Waals surface area contributed by atoms with Crippen molar-refractivity contribution in [3.8, 4) is 11.4 Å². The van der Waals surface area contributed by atoms with E-state index < -0.39 is 35.0 Å². The van der Waals surface area contributed by atoms with Crippen LogP contribution in [0.1, 0.15) is 16.1 Å². The molecule has 0 bridgehead atoms. The van der Waals surface area contributed by atoms with Gasteiger partial charge in [0.05, 0.1) is 6.20 Å². The van der Waals surface area contributed by atoms with Gasteiger partial charge in [0.2, 0.25) is 0 Å². The van der Waals surface area contributed by atoms with Crippen LogP contribution < -0.4 is 0 Å². The van der Waals surface area contributed by atoms with E-state index in [0.717, 1.165) is 18.5 Å². The van der Waals surface area contributed by atoms with Crippen molar-refractivity contribution < 1.29 is 27.5 Å². The van der Waals surface area contributed by atoms with Crippen LogP contribution in [0.3, 0.4) is 0 Å². The summed E-state index contributed by atoms with van der Waals surface area (Å²) in [5, 5.41) is 8.68. The van der Waals surface area contributed by atoms with E-state index in [4.69, 9.17) is 5.11 Å². The van der Waals surface area contributed by atoms with Crippen LogP contribution in [0, 0.1) is 5.82 Å². The molecule has 0 radical (unpaired) electrons. The van der Waals surface area contributed by atoms with Crippen LogP contribution in [0.4, 0.5) is 17.6 Å². The maximum Gasteiger partial charge on any atom is 0.434 e. The fourth-order valence-corrected chi connectivity index (χ4v) is 1.43. The molecule has 0 spiro atoms. The average molecular weight is 287 g/mol. The Morgan fingerprint density at radius 1 is 1.20 bits per heavy atom. The summed E-state index contributed by atoms with van der Waals surface area (Å²) in [7, 11) is 0. The van der Waals surface area contributed by atoms with E-state index in [1.807, 2.05) is 0 Å². The Hall–Kier alpha value is -2.58. The summed E-state index contributed by atoms with van der Waals surface area (Å²) in [5.74, 6) is -3.04. The molecule has 0 aliphatic rings. The maximum absolute atomic E-state index is 13.0. The molecule has 0 saturated heterocycles. The highest BCUT2D eigenvalue weighted by Gasteiger charge is 2.38. The zero-order chi connectivity index (χ0) is 14.9. The number of rotatable bonds is 2. The van der Waals surface area contributed by atoms with Crippen molar-refractivity contribution in [1.29, 1.82) is 0 Å². The molecule has 0 fully saturated rings. The normalized spacial score (nSPS) is 11.4. The Balaban J connectivity index is 2.61. The molecule has 2 heterocycles. The van der Waals surface area contributed by atoms with Crippen LogP contribution in [0.2, 0.25) is 0 Å². The molecule has 0 atom stereocenters. The van der Waals surface area contributed by atoms with Crippen molar-refractivity contribution in [3.05, 3.63) is 41.7 Å². The molecule has 2 rings (SSSR count). The van der Waals surface area contributed by atoms with Crippen LogP contribution in [-0.4, -0.2) is 26.0 Å². The molecular weight excluding hydrogens is 282 g/mol. The molecule has 0 aliphatic heterocycles. The lowest BCUT2D eigenvalue weighted by atomic mass is 10.2. The van der Waals surface area contributed by atoms with Gasteiger partial charge in [-0.2, -0.15) is 13.2 Å². The van der Waals surface area contributed by atoms with Crippen molar-refractivity contribution >= 4 is 5.97 Å². The van der Waals surface area contributed by atoms with Gasteiger partial charge < -0.3 is 5.11 Å². The third-order valence-corrected chi connectivity index (χ3v) is 2.25. The Labute approximate surface area is 108 Å². The summed E-state index contributed by atoms with van der Waals surface area (Å²) in [6, 6.07) is 0.892. The van der Waals surface area contributed by atoms with Gasteiger partial charge in [0.15, 0.2) is 11.5 Å². The lowest BCUT2D eigenvalue weighted by Gasteiger charge is -2.10. The largest absolute Gasteiger partial charge is 0.478 e. The predicted octanol–water partition coefficient (Wildman–Crippen LogP) is 2.39. The minimum Gasteiger partial charge on any atom is -0.478 e. The van der Waals surface area contributed by atoms with Gasteiger partial charge in [0.25, 0.3) is 0 Å². The second kappa shape index (κ2) is 4.83. The number of halogens is 4. The van der Waals surface area contributed by atoms with Crippen LogP contribution in [0.25, 0.3) is 11.4 Å². The van der Waals surface area contributed by atoms with Gasteiger partial charge in [-0.25, -0.2) is 19.2 Å². The quantitative estimate of drug-likeness (QED) is 0.858. The average Bonchev–Trinajstić information content (AvgIpc) is 2.37. The van der Waals surface area contributed by atoms with E-state index in [1.54, 1.807) is 0 Å². The fraction of sp³-hybridized carbons (Fsp3) is 0.0909. The zero-order valence-electron chi connectivity index (χ0n) is 9.52. The summed E-state index contributed by atoms with van der Waals surface area (Å²) in [6.45, 7) is 0. The molecule has 5 nitrogen and oxygen atoms in total. The standard InChI is InChI=1S/C11H5F4N3O2/c12-6-1-5(2-16-3-6)9-17-4-7(10(19)20)8(18-9)11(13,14)15/h1-4H,(H,19,20). The summed E-state index contributed by atoms with van der Waals surface area (Å²) in [4.78, 5) is 20.8. The molecule has 0 amide bonds. The molecule has 2 aromatic heterocycles. The highest BCUT2D eigenvalue weighted by Crippen LogP contribution is 2.31. The van der Waals surface area contributed by atoms with Crippen molar-refractivity contribution in [1.82, 2.24) is 15.0 Å². The third-order valence-electron chi connectivity index (χ3n) is 2.25. The van der Waals surface area contributed by atoms with Gasteiger partial charge in [0, 0.05) is 18.0 Å². The third kappa shape index (κ3) is 2.71. The van der Waals surface area contributed by atoms with Gasteiger partial charge >= 0.3 is 12.1 Å². The smallest absolute Gasteiger partial charge is 0.434 e. The Bertz CT molecular complexity index is 673. The van der Waals surface area contributed by atoms with E-state index in [2.05, 4.69) is 15.0 Å². The monoisotopic (exact) mass is 287 g/mol. The number of hydrogen-bond acceptors (Lipinski definition) is 4. The van der Waals surface area contributed by atoms with Crippen LogP contribution in [0.5, 0.6) is 0 Å². The zero-order valence-corrected chi connectivity index (χ0v) is 9.52. The van der Waals surface area contributed by atoms with Gasteiger partial charge in [-0.1, -0.05) is 0 Å². The Kier molecular flexibility index (Phi) is 3.35. The molecule has 104 valence electrons. The minimum atomic E-state index is -4.97. The van der Waals surface area contributed by atoms with Crippen molar-refractivity contribution in [2.75, 3.05) is 0 Å². The molecule has 9 heteroatoms. The van der Waals surface area contributed by atoms with Gasteiger partial charge in [-0.15, -0.1) is 0 Å². The molecule has 0 saturated carbocycles. The first kappa shape index (κ1) is 13.8. The molecule has 2 aromatic rings. The molecule has 1 N–H and O–H groups in total. The first-order chi connectivity index (χ1) is 9.29. The van der Waals surface area contributed by atoms with Crippen LogP contribution in [0.15, 0.2) is 24.7 Å². The van der Waals surface area contributed by atoms with E-state index >= 15 is 0 Å². The number of pyridine rings is 1. The van der Waals surface area contributed by atoms with Crippen molar-refractivity contribution in [2.24, 2.45) is 0 Å². The van der Waals surface area contributed by atoms with Crippen LogP contribution >= 0.6 is 0 Å². The number of carboxylic acid groups (broad SMARTS) is 1. The molecule has 0 unspecified atom stereocenters. The maximum atomic E-state index is 13.0. The molecule has 0 aliphatic carbocycles. The van der Waals surface area contributed by atoms with Crippen molar-refractivity contribution in [2.45, 2.75) is 6.18 Å². The highest BCUT2D eigenvalue weighted by atomic mass is 19.4. The summed E-state index contributed by atoms with van der Waals surface area (Å²) in [6.07, 6.45) is -2.51. The van der Waals surface area contributed by atoms with E-state index in [0.29, 0.717) is 6.20 Å². The van der Waals surface area contributed by atoms with Crippen LogP contribution in [-0.2, 0) is 6.18 Å². The summed E-state index contributed by atoms with van der Waals surface area (Å²) >= 11 is 0. The van der Waals surface area contributed by atoms with E-state index in [-0.39, 0.29) is 5.56 Å². The van der Waals surface area contributed by atoms with Crippen molar-refractivity contribution in [3.63, 3.8) is 0 Å². The lowest BCUT2D eigenvalue weighted by Crippen LogP contribution is -2.16. The lowest BCUT2D eigenvalue weighted by molar-refractivity contribution is -0.141. The number of aromatic nitrogens is 3. The minimum absolute atomic E-state index is 0.0903. The molecule has 0 aromatic carbocycles.